The van der Waals surface area contributed by atoms with Gasteiger partial charge >= 0.3 is 6.09 Å². The van der Waals surface area contributed by atoms with Crippen LogP contribution < -0.4 is 5.32 Å². The molecule has 30 heavy (non-hydrogen) atoms. The second-order valence-corrected chi connectivity index (χ2v) is 8.07. The first-order valence-electron chi connectivity index (χ1n) is 9.60. The Morgan fingerprint density at radius 1 is 1.07 bits per heavy atom. The Morgan fingerprint density at radius 2 is 1.70 bits per heavy atom. The van der Waals surface area contributed by atoms with Gasteiger partial charge in [-0.25, -0.2) is 4.79 Å². The van der Waals surface area contributed by atoms with E-state index in [0.717, 1.165) is 22.3 Å². The zero-order chi connectivity index (χ0) is 21.1. The first-order chi connectivity index (χ1) is 14.5. The second kappa shape index (κ2) is 8.95. The van der Waals surface area contributed by atoms with Crippen molar-refractivity contribution in [2.75, 3.05) is 13.2 Å². The molecule has 1 aromatic heterocycles. The molecular weight excluding hydrogens is 448 g/mol. The second-order valence-electron chi connectivity index (χ2n) is 7.16. The summed E-state index contributed by atoms with van der Waals surface area (Å²) < 4.78 is 6.12. The average Bonchev–Trinajstić information content (AvgIpc) is 3.09. The van der Waals surface area contributed by atoms with Crippen LogP contribution in [0.3, 0.4) is 0 Å². The summed E-state index contributed by atoms with van der Waals surface area (Å²) in [6.45, 7) is 0.0401. The van der Waals surface area contributed by atoms with Crippen LogP contribution in [0.25, 0.3) is 11.1 Å². The van der Waals surface area contributed by atoms with Crippen molar-refractivity contribution >= 4 is 22.0 Å². The van der Waals surface area contributed by atoms with Gasteiger partial charge in [-0.2, -0.15) is 0 Å². The number of fused-ring (bicyclic) bond motifs is 3. The SMILES string of the molecule is O=C(NCC(O)C(O)c1cncc(Br)c1)OCC1c2ccccc2-c2ccccc21. The average molecular weight is 469 g/mol. The molecule has 0 radical (unpaired) electrons. The van der Waals surface area contributed by atoms with E-state index in [0.29, 0.717) is 10.0 Å². The lowest BCUT2D eigenvalue weighted by Crippen LogP contribution is -2.36. The predicted molar refractivity (Wildman–Crippen MR) is 116 cm³/mol. The van der Waals surface area contributed by atoms with Crippen LogP contribution in [0.4, 0.5) is 4.79 Å². The molecule has 0 saturated carbocycles. The molecule has 0 bridgehead atoms. The van der Waals surface area contributed by atoms with Crippen LogP contribution in [-0.4, -0.2) is 40.5 Å². The zero-order valence-corrected chi connectivity index (χ0v) is 17.6. The number of aromatic nitrogens is 1. The Labute approximate surface area is 182 Å². The highest BCUT2D eigenvalue weighted by atomic mass is 79.9. The number of pyridine rings is 1. The molecular formula is C23H21BrN2O4. The van der Waals surface area contributed by atoms with E-state index in [1.807, 2.05) is 36.4 Å². The van der Waals surface area contributed by atoms with Crippen molar-refractivity contribution in [1.82, 2.24) is 10.3 Å². The van der Waals surface area contributed by atoms with Gasteiger partial charge in [-0.15, -0.1) is 0 Å². The van der Waals surface area contributed by atoms with Gasteiger partial charge in [-0.1, -0.05) is 48.5 Å². The van der Waals surface area contributed by atoms with Gasteiger partial charge in [0, 0.05) is 34.9 Å². The van der Waals surface area contributed by atoms with Crippen molar-refractivity contribution in [3.05, 3.63) is 88.2 Å². The normalized spacial score (nSPS) is 14.5. The number of alkyl carbamates (subject to hydrolysis) is 1. The van der Waals surface area contributed by atoms with Crippen molar-refractivity contribution < 1.29 is 19.7 Å². The summed E-state index contributed by atoms with van der Waals surface area (Å²) in [5.74, 6) is -0.0357. The van der Waals surface area contributed by atoms with E-state index in [2.05, 4.69) is 38.4 Å². The molecule has 1 heterocycles. The molecule has 1 aliphatic carbocycles. The Kier molecular flexibility index (Phi) is 6.13. The molecule has 0 fully saturated rings. The fourth-order valence-corrected chi connectivity index (χ4v) is 4.14. The molecule has 2 unspecified atom stereocenters. The minimum absolute atomic E-state index is 0.0357. The quantitative estimate of drug-likeness (QED) is 0.511. The summed E-state index contributed by atoms with van der Waals surface area (Å²) in [7, 11) is 0. The van der Waals surface area contributed by atoms with Crippen LogP contribution in [-0.2, 0) is 4.74 Å². The van der Waals surface area contributed by atoms with Crippen molar-refractivity contribution in [1.29, 1.82) is 0 Å². The topological polar surface area (TPSA) is 91.7 Å². The molecule has 0 saturated heterocycles. The third-order valence-electron chi connectivity index (χ3n) is 5.23. The number of hydrogen-bond acceptors (Lipinski definition) is 5. The highest BCUT2D eigenvalue weighted by Crippen LogP contribution is 2.44. The third-order valence-corrected chi connectivity index (χ3v) is 5.66. The van der Waals surface area contributed by atoms with Crippen LogP contribution in [0.2, 0.25) is 0 Å². The van der Waals surface area contributed by atoms with Gasteiger partial charge in [-0.05, 0) is 44.3 Å². The van der Waals surface area contributed by atoms with Gasteiger partial charge in [0.2, 0.25) is 0 Å². The van der Waals surface area contributed by atoms with Gasteiger partial charge in [0.25, 0.3) is 0 Å². The van der Waals surface area contributed by atoms with Crippen LogP contribution in [0.1, 0.15) is 28.7 Å². The fourth-order valence-electron chi connectivity index (χ4n) is 3.76. The lowest BCUT2D eigenvalue weighted by Gasteiger charge is -2.19. The first kappa shape index (κ1) is 20.5. The summed E-state index contributed by atoms with van der Waals surface area (Å²) in [6, 6.07) is 17.9. The Morgan fingerprint density at radius 3 is 2.33 bits per heavy atom. The van der Waals surface area contributed by atoms with Crippen LogP contribution in [0.5, 0.6) is 0 Å². The number of aliphatic hydroxyl groups is 2. The van der Waals surface area contributed by atoms with E-state index in [1.165, 1.54) is 6.20 Å². The maximum absolute atomic E-state index is 12.2. The molecule has 154 valence electrons. The van der Waals surface area contributed by atoms with Crippen LogP contribution in [0, 0.1) is 0 Å². The third kappa shape index (κ3) is 4.23. The summed E-state index contributed by atoms with van der Waals surface area (Å²) in [4.78, 5) is 16.2. The summed E-state index contributed by atoms with van der Waals surface area (Å²) in [5, 5.41) is 22.9. The van der Waals surface area contributed by atoms with E-state index in [-0.39, 0.29) is 19.1 Å². The number of nitrogens with zero attached hydrogens (tertiary/aromatic N) is 1. The highest BCUT2D eigenvalue weighted by Gasteiger charge is 2.29. The Hall–Kier alpha value is -2.74. The lowest BCUT2D eigenvalue weighted by atomic mass is 9.98. The number of carbonyl (C=O) groups is 1. The molecule has 7 heteroatoms. The fraction of sp³-hybridized carbons (Fsp3) is 0.217. The summed E-state index contributed by atoms with van der Waals surface area (Å²) in [5.41, 5.74) is 5.02. The standard InChI is InChI=1S/C23H21BrN2O4/c24-15-9-14(10-25-11-15)22(28)21(27)12-26-23(29)30-13-20-18-7-3-1-5-16(18)17-6-2-4-8-19(17)20/h1-11,20-22,27-28H,12-13H2,(H,26,29). The summed E-state index contributed by atoms with van der Waals surface area (Å²) >= 11 is 3.27. The van der Waals surface area contributed by atoms with Gasteiger partial charge in [0.15, 0.2) is 0 Å². The molecule has 0 spiro atoms. The number of amides is 1. The number of aliphatic hydroxyl groups excluding tert-OH is 2. The molecule has 1 aliphatic rings. The molecule has 2 aromatic carbocycles. The minimum atomic E-state index is -1.19. The first-order valence-corrected chi connectivity index (χ1v) is 10.4. The molecule has 4 rings (SSSR count). The smallest absolute Gasteiger partial charge is 0.407 e. The monoisotopic (exact) mass is 468 g/mol. The van der Waals surface area contributed by atoms with Crippen LogP contribution >= 0.6 is 15.9 Å². The van der Waals surface area contributed by atoms with Crippen LogP contribution in [0.15, 0.2) is 71.5 Å². The number of carbonyl (C=O) groups excluding carboxylic acids is 1. The van der Waals surface area contributed by atoms with Crippen molar-refractivity contribution in [3.8, 4) is 11.1 Å². The minimum Gasteiger partial charge on any atom is -0.449 e. The molecule has 3 aromatic rings. The number of halogens is 1. The maximum atomic E-state index is 12.2. The molecule has 2 atom stereocenters. The lowest BCUT2D eigenvalue weighted by molar-refractivity contribution is 0.0183. The van der Waals surface area contributed by atoms with Crippen molar-refractivity contribution in [2.24, 2.45) is 0 Å². The molecule has 6 nitrogen and oxygen atoms in total. The number of hydrogen-bond donors (Lipinski definition) is 3. The van der Waals surface area contributed by atoms with E-state index in [4.69, 9.17) is 4.74 Å². The molecule has 0 aliphatic heterocycles. The number of benzene rings is 2. The van der Waals surface area contributed by atoms with E-state index < -0.39 is 18.3 Å². The number of rotatable bonds is 6. The predicted octanol–water partition coefficient (Wildman–Crippen LogP) is 3.78. The Bertz CT molecular complexity index is 1010. The van der Waals surface area contributed by atoms with Gasteiger partial charge in [-0.3, -0.25) is 4.98 Å². The number of nitrogens with one attached hydrogen (secondary N) is 1. The largest absolute Gasteiger partial charge is 0.449 e. The zero-order valence-electron chi connectivity index (χ0n) is 16.0. The van der Waals surface area contributed by atoms with Crippen molar-refractivity contribution in [3.63, 3.8) is 0 Å². The number of ether oxygens (including phenoxy) is 1. The van der Waals surface area contributed by atoms with E-state index >= 15 is 0 Å². The highest BCUT2D eigenvalue weighted by molar-refractivity contribution is 9.10. The van der Waals surface area contributed by atoms with Gasteiger partial charge < -0.3 is 20.3 Å². The van der Waals surface area contributed by atoms with Crippen molar-refractivity contribution in [2.45, 2.75) is 18.1 Å². The van der Waals surface area contributed by atoms with Gasteiger partial charge in [0.05, 0.1) is 0 Å². The Balaban J connectivity index is 1.34. The van der Waals surface area contributed by atoms with E-state index in [1.54, 1.807) is 12.3 Å². The maximum Gasteiger partial charge on any atom is 0.407 e. The van der Waals surface area contributed by atoms with Gasteiger partial charge in [0.1, 0.15) is 18.8 Å². The van der Waals surface area contributed by atoms with E-state index in [9.17, 15) is 15.0 Å². The summed E-state index contributed by atoms with van der Waals surface area (Å²) in [6.07, 6.45) is 0.0321. The molecule has 3 N–H and O–H groups in total. The molecule has 1 amide bonds.